The molecule has 0 bridgehead atoms. The highest BCUT2D eigenvalue weighted by atomic mass is 16.5. The van der Waals surface area contributed by atoms with Gasteiger partial charge in [-0.25, -0.2) is 9.59 Å². The summed E-state index contributed by atoms with van der Waals surface area (Å²) in [5.41, 5.74) is 1.15. The lowest BCUT2D eigenvalue weighted by Gasteiger charge is -2.33. The van der Waals surface area contributed by atoms with Gasteiger partial charge in [-0.2, -0.15) is 0 Å². The first-order chi connectivity index (χ1) is 14.1. The molecule has 0 fully saturated rings. The van der Waals surface area contributed by atoms with E-state index in [4.69, 9.17) is 19.0 Å². The maximum atomic E-state index is 12.2. The van der Waals surface area contributed by atoms with Crippen LogP contribution < -0.4 is 20.4 Å². The molecule has 162 valence electrons. The van der Waals surface area contributed by atoms with E-state index < -0.39 is 23.5 Å². The van der Waals surface area contributed by atoms with Crippen LogP contribution in [0.4, 0.5) is 0 Å². The van der Waals surface area contributed by atoms with Gasteiger partial charge in [0, 0.05) is 17.7 Å². The number of aliphatic carboxylic acids is 1. The van der Waals surface area contributed by atoms with Crippen LogP contribution in [-0.2, 0) is 22.4 Å². The number of carboxylic acids is 1. The monoisotopic (exact) mass is 417 g/mol. The zero-order valence-corrected chi connectivity index (χ0v) is 17.7. The molecule has 1 amide bonds. The highest BCUT2D eigenvalue weighted by molar-refractivity contribution is 5.92. The molecule has 0 saturated heterocycles. The molecule has 1 unspecified atom stereocenters. The Kier molecular flexibility index (Phi) is 6.05. The lowest BCUT2D eigenvalue weighted by molar-refractivity contribution is -0.142. The third kappa shape index (κ3) is 4.42. The molecule has 0 saturated carbocycles. The van der Waals surface area contributed by atoms with Gasteiger partial charge in [0.25, 0.3) is 5.91 Å². The van der Waals surface area contributed by atoms with Crippen molar-refractivity contribution in [1.82, 2.24) is 5.32 Å². The van der Waals surface area contributed by atoms with E-state index in [1.54, 1.807) is 13.0 Å². The SMILES string of the molecule is CCc1cc(=O)oc2c3c(cc(OCC(=O)NC(CC)C(=O)O)c12)OC(C)(C)CC3. The number of hydrogen-bond donors (Lipinski definition) is 2. The number of nitrogens with one attached hydrogen (secondary N) is 1. The molecule has 8 nitrogen and oxygen atoms in total. The number of fused-ring (bicyclic) bond motifs is 3. The van der Waals surface area contributed by atoms with E-state index in [9.17, 15) is 14.4 Å². The largest absolute Gasteiger partial charge is 0.487 e. The second-order valence-electron chi connectivity index (χ2n) is 8.02. The molecule has 2 heterocycles. The summed E-state index contributed by atoms with van der Waals surface area (Å²) in [5.74, 6) is -0.731. The first-order valence-corrected chi connectivity index (χ1v) is 10.1. The van der Waals surface area contributed by atoms with Gasteiger partial charge in [0.05, 0.1) is 5.39 Å². The van der Waals surface area contributed by atoms with Crippen LogP contribution in [0.3, 0.4) is 0 Å². The summed E-state index contributed by atoms with van der Waals surface area (Å²) in [6.07, 6.45) is 2.29. The van der Waals surface area contributed by atoms with Crippen LogP contribution in [0.1, 0.15) is 51.7 Å². The van der Waals surface area contributed by atoms with Crippen molar-refractivity contribution in [1.29, 1.82) is 0 Å². The van der Waals surface area contributed by atoms with E-state index in [2.05, 4.69) is 5.32 Å². The molecule has 0 spiro atoms. The third-order valence-corrected chi connectivity index (χ3v) is 5.27. The lowest BCUT2D eigenvalue weighted by Crippen LogP contribution is -2.42. The van der Waals surface area contributed by atoms with Crippen molar-refractivity contribution in [2.24, 2.45) is 0 Å². The Morgan fingerprint density at radius 2 is 2.03 bits per heavy atom. The van der Waals surface area contributed by atoms with Crippen LogP contribution >= 0.6 is 0 Å². The third-order valence-electron chi connectivity index (χ3n) is 5.27. The van der Waals surface area contributed by atoms with E-state index in [-0.39, 0.29) is 18.6 Å². The zero-order valence-electron chi connectivity index (χ0n) is 17.7. The van der Waals surface area contributed by atoms with Crippen molar-refractivity contribution < 1.29 is 28.6 Å². The standard InChI is InChI=1S/C22H27NO7/c1-5-12-9-18(25)29-20-13-7-8-22(3,4)30-15(13)10-16(19(12)20)28-11-17(24)23-14(6-2)21(26)27/h9-10,14H,5-8,11H2,1-4H3,(H,23,24)(H,26,27). The number of benzene rings is 1. The number of amides is 1. The number of aryl methyl sites for hydroxylation is 2. The lowest BCUT2D eigenvalue weighted by atomic mass is 9.92. The van der Waals surface area contributed by atoms with Crippen molar-refractivity contribution in [3.8, 4) is 11.5 Å². The molecule has 8 heteroatoms. The fourth-order valence-electron chi connectivity index (χ4n) is 3.63. The second-order valence-corrected chi connectivity index (χ2v) is 8.02. The van der Waals surface area contributed by atoms with E-state index in [0.717, 1.165) is 17.5 Å². The Bertz CT molecular complexity index is 1040. The van der Waals surface area contributed by atoms with E-state index in [1.807, 2.05) is 20.8 Å². The highest BCUT2D eigenvalue weighted by Crippen LogP contribution is 2.42. The molecule has 30 heavy (non-hydrogen) atoms. The summed E-state index contributed by atoms with van der Waals surface area (Å²) in [5, 5.41) is 12.2. The topological polar surface area (TPSA) is 115 Å². The van der Waals surface area contributed by atoms with Gasteiger partial charge in [-0.1, -0.05) is 13.8 Å². The fraction of sp³-hybridized carbons (Fsp3) is 0.500. The summed E-state index contributed by atoms with van der Waals surface area (Å²) < 4.78 is 17.4. The molecular formula is C22H27NO7. The van der Waals surface area contributed by atoms with Gasteiger partial charge in [0.15, 0.2) is 6.61 Å². The van der Waals surface area contributed by atoms with E-state index >= 15 is 0 Å². The van der Waals surface area contributed by atoms with Gasteiger partial charge in [0.2, 0.25) is 0 Å². The molecule has 0 aliphatic carbocycles. The smallest absolute Gasteiger partial charge is 0.336 e. The van der Waals surface area contributed by atoms with Gasteiger partial charge >= 0.3 is 11.6 Å². The molecule has 2 aromatic rings. The van der Waals surface area contributed by atoms with Crippen LogP contribution in [0, 0.1) is 0 Å². The summed E-state index contributed by atoms with van der Waals surface area (Å²) >= 11 is 0. The Balaban J connectivity index is 2.00. The summed E-state index contributed by atoms with van der Waals surface area (Å²) in [7, 11) is 0. The second kappa shape index (κ2) is 8.38. The van der Waals surface area contributed by atoms with Crippen LogP contribution in [0.25, 0.3) is 11.0 Å². The minimum absolute atomic E-state index is 0.261. The number of carbonyl (C=O) groups excluding carboxylic acids is 1. The minimum atomic E-state index is -1.10. The zero-order chi connectivity index (χ0) is 22.1. The average Bonchev–Trinajstić information content (AvgIpc) is 2.68. The Hall–Kier alpha value is -3.03. The molecule has 1 aliphatic rings. The van der Waals surface area contributed by atoms with Crippen molar-refractivity contribution in [2.45, 2.75) is 65.0 Å². The molecule has 0 radical (unpaired) electrons. The number of carbonyl (C=O) groups is 2. The highest BCUT2D eigenvalue weighted by Gasteiger charge is 2.31. The molecule has 1 atom stereocenters. The summed E-state index contributed by atoms with van der Waals surface area (Å²) in [6.45, 7) is 7.17. The van der Waals surface area contributed by atoms with Gasteiger partial charge in [-0.3, -0.25) is 4.79 Å². The molecule has 1 aliphatic heterocycles. The van der Waals surface area contributed by atoms with Gasteiger partial charge < -0.3 is 24.3 Å². The van der Waals surface area contributed by atoms with Crippen molar-refractivity contribution in [3.63, 3.8) is 0 Å². The number of hydrogen-bond acceptors (Lipinski definition) is 6. The first kappa shape index (κ1) is 21.7. The first-order valence-electron chi connectivity index (χ1n) is 10.1. The van der Waals surface area contributed by atoms with Crippen molar-refractivity contribution in [3.05, 3.63) is 33.7 Å². The van der Waals surface area contributed by atoms with Crippen LogP contribution in [0.15, 0.2) is 21.3 Å². The van der Waals surface area contributed by atoms with Crippen molar-refractivity contribution >= 4 is 22.8 Å². The normalized spacial score (nSPS) is 15.7. The summed E-state index contributed by atoms with van der Waals surface area (Å²) in [6, 6.07) is 2.17. The van der Waals surface area contributed by atoms with Gasteiger partial charge in [-0.15, -0.1) is 0 Å². The van der Waals surface area contributed by atoms with E-state index in [1.165, 1.54) is 6.07 Å². The average molecular weight is 417 g/mol. The number of rotatable bonds is 7. The minimum Gasteiger partial charge on any atom is -0.487 e. The van der Waals surface area contributed by atoms with E-state index in [0.29, 0.717) is 35.3 Å². The Morgan fingerprint density at radius 1 is 1.30 bits per heavy atom. The Morgan fingerprint density at radius 3 is 2.67 bits per heavy atom. The maximum Gasteiger partial charge on any atom is 0.336 e. The number of carboxylic acid groups (broad SMARTS) is 1. The fourth-order valence-corrected chi connectivity index (χ4v) is 3.63. The van der Waals surface area contributed by atoms with Gasteiger partial charge in [0.1, 0.15) is 28.7 Å². The number of ether oxygens (including phenoxy) is 2. The summed E-state index contributed by atoms with van der Waals surface area (Å²) in [4.78, 5) is 35.5. The Labute approximate surface area is 174 Å². The molecule has 1 aromatic heterocycles. The quantitative estimate of drug-likeness (QED) is 0.666. The maximum absolute atomic E-state index is 12.2. The predicted octanol–water partition coefficient (Wildman–Crippen LogP) is 2.82. The van der Waals surface area contributed by atoms with Crippen molar-refractivity contribution in [2.75, 3.05) is 6.61 Å². The van der Waals surface area contributed by atoms with Crippen LogP contribution in [0.5, 0.6) is 11.5 Å². The molecular weight excluding hydrogens is 390 g/mol. The van der Waals surface area contributed by atoms with Gasteiger partial charge in [-0.05, 0) is 45.1 Å². The molecule has 2 N–H and O–H groups in total. The predicted molar refractivity (Wildman–Crippen MR) is 110 cm³/mol. The van der Waals surface area contributed by atoms with Crippen LogP contribution in [0.2, 0.25) is 0 Å². The molecule has 3 rings (SSSR count). The van der Waals surface area contributed by atoms with Crippen LogP contribution in [-0.4, -0.2) is 35.2 Å². The molecule has 1 aromatic carbocycles.